The van der Waals surface area contributed by atoms with Gasteiger partial charge in [-0.3, -0.25) is 4.79 Å². The Kier molecular flexibility index (Phi) is 5.46. The van der Waals surface area contributed by atoms with Crippen molar-refractivity contribution in [3.8, 4) is 0 Å². The molecule has 0 heterocycles. The number of halogens is 1. The van der Waals surface area contributed by atoms with Gasteiger partial charge in [-0.15, -0.1) is 0 Å². The van der Waals surface area contributed by atoms with Gasteiger partial charge in [0, 0.05) is 13.1 Å². The minimum absolute atomic E-state index is 0.122. The van der Waals surface area contributed by atoms with Crippen molar-refractivity contribution in [2.45, 2.75) is 18.7 Å². The molecule has 1 aromatic rings. The Morgan fingerprint density at radius 3 is 2.55 bits per heavy atom. The third-order valence-electron chi connectivity index (χ3n) is 2.65. The van der Waals surface area contributed by atoms with Crippen LogP contribution in [0.5, 0.6) is 0 Å². The number of benzene rings is 1. The number of rotatable bonds is 6. The zero-order valence-corrected chi connectivity index (χ0v) is 12.2. The van der Waals surface area contributed by atoms with E-state index in [0.29, 0.717) is 6.54 Å². The summed E-state index contributed by atoms with van der Waals surface area (Å²) in [4.78, 5) is 11.4. The fourth-order valence-corrected chi connectivity index (χ4v) is 3.05. The van der Waals surface area contributed by atoms with Crippen LogP contribution in [0.4, 0.5) is 10.1 Å². The van der Waals surface area contributed by atoms with E-state index >= 15 is 0 Å². The third-order valence-corrected chi connectivity index (χ3v) is 4.57. The Morgan fingerprint density at radius 1 is 1.40 bits per heavy atom. The molecule has 0 spiro atoms. The van der Waals surface area contributed by atoms with Crippen LogP contribution in [0, 0.1) is 5.82 Å². The number of hydrogen-bond donors (Lipinski definition) is 2. The Hall–Kier alpha value is -1.67. The summed E-state index contributed by atoms with van der Waals surface area (Å²) in [5, 5.41) is 2.52. The number of nitrogen functional groups attached to an aromatic ring is 1. The van der Waals surface area contributed by atoms with E-state index < -0.39 is 21.7 Å². The number of sulfonamides is 1. The lowest BCUT2D eigenvalue weighted by Gasteiger charge is -2.20. The minimum Gasteiger partial charge on any atom is -0.396 e. The number of carbonyl (C=O) groups is 1. The van der Waals surface area contributed by atoms with Crippen LogP contribution >= 0.6 is 0 Å². The normalized spacial score (nSPS) is 11.6. The van der Waals surface area contributed by atoms with Gasteiger partial charge < -0.3 is 11.1 Å². The highest BCUT2D eigenvalue weighted by molar-refractivity contribution is 7.89. The number of likely N-dealkylation sites (N-methyl/N-ethyl adjacent to an activating group) is 2. The lowest BCUT2D eigenvalue weighted by molar-refractivity contribution is -0.121. The van der Waals surface area contributed by atoms with Gasteiger partial charge in [-0.2, -0.15) is 4.31 Å². The molecule has 0 bridgehead atoms. The monoisotopic (exact) mass is 303 g/mol. The van der Waals surface area contributed by atoms with Crippen molar-refractivity contribution in [1.82, 2.24) is 9.62 Å². The molecule has 112 valence electrons. The molecule has 8 heteroatoms. The van der Waals surface area contributed by atoms with Gasteiger partial charge in [0.15, 0.2) is 0 Å². The van der Waals surface area contributed by atoms with Crippen molar-refractivity contribution < 1.29 is 17.6 Å². The molecular formula is C12H18FN3O3S. The Balaban J connectivity index is 3.05. The predicted molar refractivity (Wildman–Crippen MR) is 73.9 cm³/mol. The molecule has 0 aliphatic rings. The molecule has 0 radical (unpaired) electrons. The fourth-order valence-electron chi connectivity index (χ4n) is 1.61. The zero-order chi connectivity index (χ0) is 15.3. The van der Waals surface area contributed by atoms with Crippen LogP contribution in [-0.2, 0) is 14.8 Å². The smallest absolute Gasteiger partial charge is 0.243 e. The van der Waals surface area contributed by atoms with Crippen molar-refractivity contribution >= 4 is 21.6 Å². The van der Waals surface area contributed by atoms with Crippen LogP contribution in [0.1, 0.15) is 13.8 Å². The summed E-state index contributed by atoms with van der Waals surface area (Å²) in [6, 6.07) is 3.16. The van der Waals surface area contributed by atoms with Gasteiger partial charge in [0.2, 0.25) is 15.9 Å². The second-order valence-corrected chi connectivity index (χ2v) is 6.01. The predicted octanol–water partition coefficient (Wildman–Crippen LogP) is 0.555. The van der Waals surface area contributed by atoms with Gasteiger partial charge in [-0.05, 0) is 25.1 Å². The van der Waals surface area contributed by atoms with E-state index in [4.69, 9.17) is 5.73 Å². The van der Waals surface area contributed by atoms with Gasteiger partial charge in [0.25, 0.3) is 0 Å². The second-order valence-electron chi connectivity index (χ2n) is 4.07. The largest absolute Gasteiger partial charge is 0.396 e. The highest BCUT2D eigenvalue weighted by Gasteiger charge is 2.25. The van der Waals surface area contributed by atoms with Crippen molar-refractivity contribution in [2.75, 3.05) is 25.4 Å². The van der Waals surface area contributed by atoms with Crippen LogP contribution in [0.2, 0.25) is 0 Å². The first kappa shape index (κ1) is 16.4. The van der Waals surface area contributed by atoms with E-state index in [9.17, 15) is 17.6 Å². The van der Waals surface area contributed by atoms with Gasteiger partial charge in [0.05, 0.1) is 17.1 Å². The maximum absolute atomic E-state index is 13.1. The summed E-state index contributed by atoms with van der Waals surface area (Å²) in [6.45, 7) is 3.60. The van der Waals surface area contributed by atoms with Crippen molar-refractivity contribution in [1.29, 1.82) is 0 Å². The molecule has 1 amide bonds. The minimum atomic E-state index is -3.88. The van der Waals surface area contributed by atoms with Crippen LogP contribution in [0.15, 0.2) is 23.1 Å². The molecule has 1 aromatic carbocycles. The highest BCUT2D eigenvalue weighted by Crippen LogP contribution is 2.20. The first-order valence-electron chi connectivity index (χ1n) is 6.14. The molecule has 0 unspecified atom stereocenters. The summed E-state index contributed by atoms with van der Waals surface area (Å²) in [7, 11) is -3.88. The first-order chi connectivity index (χ1) is 9.32. The number of anilines is 1. The van der Waals surface area contributed by atoms with Gasteiger partial charge in [-0.1, -0.05) is 6.92 Å². The molecule has 6 nitrogen and oxygen atoms in total. The number of nitrogens with zero attached hydrogens (tertiary/aromatic N) is 1. The van der Waals surface area contributed by atoms with Gasteiger partial charge in [0.1, 0.15) is 5.82 Å². The Labute approximate surface area is 117 Å². The standard InChI is InChI=1S/C12H18FN3O3S/c1-3-15-12(17)8-16(4-2)20(18,19)9-5-6-10(13)11(14)7-9/h5-7H,3-4,8,14H2,1-2H3,(H,15,17). The van der Waals surface area contributed by atoms with E-state index in [1.54, 1.807) is 13.8 Å². The van der Waals surface area contributed by atoms with Gasteiger partial charge in [-0.25, -0.2) is 12.8 Å². The summed E-state index contributed by atoms with van der Waals surface area (Å²) in [5.74, 6) is -1.08. The summed E-state index contributed by atoms with van der Waals surface area (Å²) >= 11 is 0. The number of nitrogens with one attached hydrogen (secondary N) is 1. The number of carbonyl (C=O) groups excluding carboxylic acids is 1. The molecule has 0 aliphatic heterocycles. The molecule has 20 heavy (non-hydrogen) atoms. The molecule has 0 saturated carbocycles. The lowest BCUT2D eigenvalue weighted by Crippen LogP contribution is -2.40. The van der Waals surface area contributed by atoms with Gasteiger partial charge >= 0.3 is 0 Å². The quantitative estimate of drug-likeness (QED) is 0.751. The lowest BCUT2D eigenvalue weighted by atomic mass is 10.3. The van der Waals surface area contributed by atoms with Crippen molar-refractivity contribution in [3.05, 3.63) is 24.0 Å². The van der Waals surface area contributed by atoms with E-state index in [1.807, 2.05) is 0 Å². The van der Waals surface area contributed by atoms with Crippen LogP contribution < -0.4 is 11.1 Å². The Morgan fingerprint density at radius 2 is 2.05 bits per heavy atom. The molecule has 0 aliphatic carbocycles. The molecule has 3 N–H and O–H groups in total. The number of amides is 1. The number of hydrogen-bond acceptors (Lipinski definition) is 4. The average Bonchev–Trinajstić information content (AvgIpc) is 2.39. The van der Waals surface area contributed by atoms with E-state index in [1.165, 1.54) is 0 Å². The van der Waals surface area contributed by atoms with E-state index in [-0.39, 0.29) is 23.7 Å². The van der Waals surface area contributed by atoms with Crippen molar-refractivity contribution in [2.24, 2.45) is 0 Å². The second kappa shape index (κ2) is 6.67. The first-order valence-corrected chi connectivity index (χ1v) is 7.58. The molecule has 0 atom stereocenters. The maximum Gasteiger partial charge on any atom is 0.243 e. The average molecular weight is 303 g/mol. The fraction of sp³-hybridized carbons (Fsp3) is 0.417. The molecule has 0 aromatic heterocycles. The molecule has 1 rings (SSSR count). The van der Waals surface area contributed by atoms with Crippen LogP contribution in [0.3, 0.4) is 0 Å². The summed E-state index contributed by atoms with van der Waals surface area (Å²) in [6.07, 6.45) is 0. The van der Waals surface area contributed by atoms with E-state index in [2.05, 4.69) is 5.32 Å². The molecule has 0 fully saturated rings. The topological polar surface area (TPSA) is 92.5 Å². The zero-order valence-electron chi connectivity index (χ0n) is 11.4. The highest BCUT2D eigenvalue weighted by atomic mass is 32.2. The van der Waals surface area contributed by atoms with Crippen LogP contribution in [0.25, 0.3) is 0 Å². The molecular weight excluding hydrogens is 285 g/mol. The van der Waals surface area contributed by atoms with E-state index in [0.717, 1.165) is 22.5 Å². The van der Waals surface area contributed by atoms with Crippen LogP contribution in [-0.4, -0.2) is 38.3 Å². The number of nitrogens with two attached hydrogens (primary N) is 1. The summed E-state index contributed by atoms with van der Waals surface area (Å²) in [5.41, 5.74) is 5.12. The Bertz CT molecular complexity index is 590. The van der Waals surface area contributed by atoms with Crippen molar-refractivity contribution in [3.63, 3.8) is 0 Å². The molecule has 0 saturated heterocycles. The SMILES string of the molecule is CCNC(=O)CN(CC)S(=O)(=O)c1ccc(F)c(N)c1. The maximum atomic E-state index is 13.1. The third kappa shape index (κ3) is 3.67. The summed E-state index contributed by atoms with van der Waals surface area (Å²) < 4.78 is 38.8.